The van der Waals surface area contributed by atoms with E-state index in [4.69, 9.17) is 25.8 Å². The summed E-state index contributed by atoms with van der Waals surface area (Å²) in [6, 6.07) is 20.7. The Morgan fingerprint density at radius 2 is 1.46 bits per heavy atom. The number of unbranched alkanes of at least 4 members (excludes halogenated alkanes) is 1. The van der Waals surface area contributed by atoms with Gasteiger partial charge in [0.2, 0.25) is 17.7 Å². The highest BCUT2D eigenvalue weighted by Gasteiger charge is 2.36. The SMILES string of the molecule is COc1ccc2cc1-c1cc(ccc1OC)[C@H](N(C)C(=O)[C@H](CCCCNC(=O)OC(C)(C)C)NC(=O)c1ccc(-c3ccc(Cl)cc3)cc1)C(=O)N[C@@H](C)C(=O)N[C@H](C(C)O)C2. The Morgan fingerprint density at radius 1 is 0.857 bits per heavy atom. The average molecular weight is 884 g/mol. The van der Waals surface area contributed by atoms with Crippen molar-refractivity contribution in [2.45, 2.75) is 96.2 Å². The number of carbonyl (C=O) groups excluding carboxylic acids is 5. The number of alkyl carbamates (subject to hydrolysis) is 1. The van der Waals surface area contributed by atoms with Gasteiger partial charge in [-0.1, -0.05) is 48.0 Å². The second-order valence-electron chi connectivity index (χ2n) is 16.7. The zero-order chi connectivity index (χ0) is 46.0. The lowest BCUT2D eigenvalue weighted by molar-refractivity contribution is -0.141. The summed E-state index contributed by atoms with van der Waals surface area (Å²) in [4.78, 5) is 70.4. The summed E-state index contributed by atoms with van der Waals surface area (Å²) in [5, 5.41) is 22.6. The molecule has 0 aliphatic carbocycles. The van der Waals surface area contributed by atoms with E-state index in [1.807, 2.05) is 24.3 Å². The van der Waals surface area contributed by atoms with Crippen molar-refractivity contribution in [3.05, 3.63) is 107 Å². The first-order valence-corrected chi connectivity index (χ1v) is 21.3. The molecule has 63 heavy (non-hydrogen) atoms. The van der Waals surface area contributed by atoms with Gasteiger partial charge in [-0.2, -0.15) is 0 Å². The van der Waals surface area contributed by atoms with E-state index in [9.17, 15) is 29.1 Å². The van der Waals surface area contributed by atoms with Crippen LogP contribution in [0, 0.1) is 0 Å². The van der Waals surface area contributed by atoms with Crippen LogP contribution in [0.4, 0.5) is 4.79 Å². The van der Waals surface area contributed by atoms with Gasteiger partial charge < -0.3 is 45.5 Å². The van der Waals surface area contributed by atoms with Crippen molar-refractivity contribution in [1.29, 1.82) is 0 Å². The molecule has 15 heteroatoms. The second kappa shape index (κ2) is 21.3. The van der Waals surface area contributed by atoms with Crippen LogP contribution in [0.5, 0.6) is 11.5 Å². The fraction of sp³-hybridized carbons (Fsp3) is 0.396. The number of likely N-dealkylation sites (N-methyl/N-ethyl adjacent to an activating group) is 1. The largest absolute Gasteiger partial charge is 0.496 e. The van der Waals surface area contributed by atoms with Gasteiger partial charge in [-0.3, -0.25) is 19.2 Å². The van der Waals surface area contributed by atoms with Crippen LogP contribution in [0.3, 0.4) is 0 Å². The maximum atomic E-state index is 14.8. The molecule has 1 heterocycles. The van der Waals surface area contributed by atoms with Crippen molar-refractivity contribution in [3.8, 4) is 33.8 Å². The molecule has 4 aromatic carbocycles. The number of nitrogens with one attached hydrogen (secondary N) is 4. The van der Waals surface area contributed by atoms with Gasteiger partial charge in [-0.25, -0.2) is 4.79 Å². The van der Waals surface area contributed by atoms with Crippen LogP contribution in [-0.2, 0) is 25.5 Å². The van der Waals surface area contributed by atoms with E-state index >= 15 is 0 Å². The molecule has 5 rings (SSSR count). The number of methoxy groups -OCH3 is 2. The molecule has 0 saturated carbocycles. The number of hydrogen-bond donors (Lipinski definition) is 5. The monoisotopic (exact) mass is 883 g/mol. The summed E-state index contributed by atoms with van der Waals surface area (Å²) in [5.74, 6) is -1.32. The number of rotatable bonds is 13. The van der Waals surface area contributed by atoms with Crippen LogP contribution in [0.1, 0.15) is 81.4 Å². The minimum Gasteiger partial charge on any atom is -0.496 e. The van der Waals surface area contributed by atoms with E-state index in [1.165, 1.54) is 33.1 Å². The van der Waals surface area contributed by atoms with Crippen LogP contribution in [0.2, 0.25) is 5.02 Å². The van der Waals surface area contributed by atoms with Crippen molar-refractivity contribution in [2.75, 3.05) is 27.8 Å². The third kappa shape index (κ3) is 12.7. The third-order valence-corrected chi connectivity index (χ3v) is 11.0. The smallest absolute Gasteiger partial charge is 0.407 e. The van der Waals surface area contributed by atoms with Gasteiger partial charge in [0.25, 0.3) is 5.91 Å². The summed E-state index contributed by atoms with van der Waals surface area (Å²) < 4.78 is 16.9. The average Bonchev–Trinajstić information content (AvgIpc) is 3.24. The number of aliphatic hydroxyl groups excluding tert-OH is 1. The first-order valence-electron chi connectivity index (χ1n) is 20.9. The van der Waals surface area contributed by atoms with Crippen molar-refractivity contribution >= 4 is 41.3 Å². The van der Waals surface area contributed by atoms with Gasteiger partial charge in [-0.15, -0.1) is 0 Å². The molecule has 4 aromatic rings. The van der Waals surface area contributed by atoms with E-state index in [0.717, 1.165) is 16.7 Å². The number of amides is 5. The van der Waals surface area contributed by atoms with E-state index in [1.54, 1.807) is 88.4 Å². The van der Waals surface area contributed by atoms with Gasteiger partial charge >= 0.3 is 6.09 Å². The van der Waals surface area contributed by atoms with Crippen LogP contribution in [0.25, 0.3) is 22.3 Å². The normalized spacial score (nSPS) is 17.5. The molecule has 4 bridgehead atoms. The lowest BCUT2D eigenvalue weighted by Crippen LogP contribution is -2.55. The molecule has 1 aliphatic rings. The Bertz CT molecular complexity index is 2260. The molecule has 0 spiro atoms. The first-order chi connectivity index (χ1) is 29.9. The topological polar surface area (TPSA) is 185 Å². The Morgan fingerprint density at radius 3 is 2.06 bits per heavy atom. The quantitative estimate of drug-likeness (QED) is 0.0923. The van der Waals surface area contributed by atoms with Gasteiger partial charge in [0.05, 0.1) is 26.4 Å². The molecule has 336 valence electrons. The zero-order valence-corrected chi connectivity index (χ0v) is 37.8. The summed E-state index contributed by atoms with van der Waals surface area (Å²) in [7, 11) is 4.53. The van der Waals surface area contributed by atoms with Crippen LogP contribution >= 0.6 is 11.6 Å². The molecule has 5 amide bonds. The van der Waals surface area contributed by atoms with E-state index in [0.29, 0.717) is 51.6 Å². The molecule has 0 fully saturated rings. The number of ether oxygens (including phenoxy) is 3. The van der Waals surface area contributed by atoms with Gasteiger partial charge in [-0.05, 0) is 131 Å². The number of carbonyl (C=O) groups is 5. The summed E-state index contributed by atoms with van der Waals surface area (Å²) in [5.41, 5.74) is 3.77. The third-order valence-electron chi connectivity index (χ3n) is 10.7. The predicted molar refractivity (Wildman–Crippen MR) is 242 cm³/mol. The molecule has 1 unspecified atom stereocenters. The lowest BCUT2D eigenvalue weighted by atomic mass is 9.93. The number of hydrogen-bond acceptors (Lipinski definition) is 9. The Hall–Kier alpha value is -6.12. The van der Waals surface area contributed by atoms with Crippen molar-refractivity contribution in [1.82, 2.24) is 26.2 Å². The maximum Gasteiger partial charge on any atom is 0.407 e. The first kappa shape index (κ1) is 47.9. The fourth-order valence-corrected chi connectivity index (χ4v) is 7.44. The van der Waals surface area contributed by atoms with Gasteiger partial charge in [0, 0.05) is 35.3 Å². The maximum absolute atomic E-state index is 14.8. The number of aliphatic hydroxyl groups is 1. The standard InChI is InChI=1S/C48H58ClN5O9/c1-28-43(56)53-39(29(2)55)26-30-12-22-40(61-7)36(25-30)37-27-34(19-23-41(37)62-8)42(45(58)51-28)54(6)46(59)38(11-9-10-24-50-47(60)63-48(3,4)5)52-44(57)33-15-13-31(14-16-33)32-17-20-35(49)21-18-32/h12-23,25,27-29,38-39,42,55H,9-11,24,26H2,1-8H3,(H,50,60)(H,51,58)(H,52,57)(H,53,56)/t28-,29?,38-,39-,42-/m0/s1. The summed E-state index contributed by atoms with van der Waals surface area (Å²) >= 11 is 6.08. The Balaban J connectivity index is 1.51. The predicted octanol–water partition coefficient (Wildman–Crippen LogP) is 6.61. The zero-order valence-electron chi connectivity index (χ0n) is 37.0. The molecule has 0 saturated heterocycles. The molecule has 5 N–H and O–H groups in total. The van der Waals surface area contributed by atoms with Crippen molar-refractivity contribution < 1.29 is 43.3 Å². The fourth-order valence-electron chi connectivity index (χ4n) is 7.32. The molecule has 1 aliphatic heterocycles. The molecule has 0 aromatic heterocycles. The van der Waals surface area contributed by atoms with Crippen LogP contribution in [-0.4, -0.2) is 97.4 Å². The number of halogens is 1. The van der Waals surface area contributed by atoms with Crippen molar-refractivity contribution in [2.24, 2.45) is 0 Å². The Labute approximate surface area is 374 Å². The second-order valence-corrected chi connectivity index (χ2v) is 17.1. The van der Waals surface area contributed by atoms with E-state index in [-0.39, 0.29) is 19.4 Å². The van der Waals surface area contributed by atoms with E-state index < -0.39 is 65.6 Å². The summed E-state index contributed by atoms with van der Waals surface area (Å²) in [6.07, 6.45) is -0.231. The van der Waals surface area contributed by atoms with E-state index in [2.05, 4.69) is 21.3 Å². The molecular weight excluding hydrogens is 826 g/mol. The molecule has 0 radical (unpaired) electrons. The number of benzene rings is 4. The van der Waals surface area contributed by atoms with Crippen LogP contribution < -0.4 is 30.7 Å². The van der Waals surface area contributed by atoms with Gasteiger partial charge in [0.1, 0.15) is 35.2 Å². The molecule has 14 nitrogen and oxygen atoms in total. The lowest BCUT2D eigenvalue weighted by Gasteiger charge is -2.33. The minimum atomic E-state index is -1.31. The highest BCUT2D eigenvalue weighted by atomic mass is 35.5. The van der Waals surface area contributed by atoms with Crippen molar-refractivity contribution in [3.63, 3.8) is 0 Å². The molecular formula is C48H58ClN5O9. The summed E-state index contributed by atoms with van der Waals surface area (Å²) in [6.45, 7) is 8.65. The molecule has 5 atom stereocenters. The number of fused-ring (bicyclic) bond motifs is 5. The van der Waals surface area contributed by atoms with Crippen LogP contribution in [0.15, 0.2) is 84.9 Å². The highest BCUT2D eigenvalue weighted by Crippen LogP contribution is 2.40. The highest BCUT2D eigenvalue weighted by molar-refractivity contribution is 6.30. The Kier molecular flexibility index (Phi) is 16.2. The van der Waals surface area contributed by atoms with Gasteiger partial charge in [0.15, 0.2) is 0 Å². The minimum absolute atomic E-state index is 0.152. The number of nitrogens with zero attached hydrogens (tertiary/aromatic N) is 1.